The predicted molar refractivity (Wildman–Crippen MR) is 104 cm³/mol. The number of carbonyl (C=O) groups is 1. The molecule has 2 fully saturated rings. The zero-order valence-corrected chi connectivity index (χ0v) is 16.0. The van der Waals surface area contributed by atoms with Gasteiger partial charge in [-0.15, -0.1) is 12.4 Å². The summed E-state index contributed by atoms with van der Waals surface area (Å²) < 4.78 is 15.0. The Morgan fingerprint density at radius 2 is 2.00 bits per heavy atom. The molecule has 1 N–H and O–H groups in total. The molecule has 0 radical (unpaired) electrons. The van der Waals surface area contributed by atoms with Crippen molar-refractivity contribution >= 4 is 18.3 Å². The van der Waals surface area contributed by atoms with Crippen molar-refractivity contribution in [2.24, 2.45) is 0 Å². The van der Waals surface area contributed by atoms with E-state index in [4.69, 9.17) is 0 Å². The minimum absolute atomic E-state index is 0. The van der Waals surface area contributed by atoms with E-state index in [9.17, 15) is 9.18 Å². The van der Waals surface area contributed by atoms with Gasteiger partial charge in [0.05, 0.1) is 17.9 Å². The second-order valence-corrected chi connectivity index (χ2v) is 7.01. The molecule has 1 atom stereocenters. The second-order valence-electron chi connectivity index (χ2n) is 7.01. The average Bonchev–Trinajstić information content (AvgIpc) is 3.11. The van der Waals surface area contributed by atoms with Crippen LogP contribution in [0.4, 0.5) is 4.39 Å². The lowest BCUT2D eigenvalue weighted by molar-refractivity contribution is -0.135. The predicted octanol–water partition coefficient (Wildman–Crippen LogP) is 1.83. The van der Waals surface area contributed by atoms with E-state index >= 15 is 0 Å². The van der Waals surface area contributed by atoms with Crippen LogP contribution in [0, 0.1) is 5.82 Å². The highest BCUT2D eigenvalue weighted by molar-refractivity contribution is 5.85. The quantitative estimate of drug-likeness (QED) is 0.861. The molecule has 1 unspecified atom stereocenters. The van der Waals surface area contributed by atoms with Gasteiger partial charge in [-0.2, -0.15) is 5.10 Å². The van der Waals surface area contributed by atoms with Gasteiger partial charge in [0.1, 0.15) is 5.82 Å². The number of hydrogen-bond donors (Lipinski definition) is 1. The van der Waals surface area contributed by atoms with Gasteiger partial charge in [-0.1, -0.05) is 0 Å². The molecule has 0 saturated carbocycles. The third kappa shape index (κ3) is 4.48. The molecule has 27 heavy (non-hydrogen) atoms. The Kier molecular flexibility index (Phi) is 6.46. The van der Waals surface area contributed by atoms with Crippen molar-refractivity contribution in [3.8, 4) is 5.69 Å². The minimum Gasteiger partial charge on any atom is -0.336 e. The summed E-state index contributed by atoms with van der Waals surface area (Å²) in [4.78, 5) is 16.6. The normalized spacial score (nSPS) is 21.1. The molecule has 146 valence electrons. The van der Waals surface area contributed by atoms with Crippen LogP contribution < -0.4 is 5.32 Å². The number of carbonyl (C=O) groups excluding carboxylic acids is 1. The summed E-state index contributed by atoms with van der Waals surface area (Å²) in [5.41, 5.74) is 1.93. The number of nitrogens with one attached hydrogen (secondary N) is 1. The van der Waals surface area contributed by atoms with Gasteiger partial charge >= 0.3 is 0 Å². The van der Waals surface area contributed by atoms with Crippen molar-refractivity contribution in [1.82, 2.24) is 24.9 Å². The fraction of sp³-hybridized carbons (Fsp3) is 0.474. The zero-order valence-electron chi connectivity index (χ0n) is 15.2. The van der Waals surface area contributed by atoms with Crippen molar-refractivity contribution < 1.29 is 9.18 Å². The van der Waals surface area contributed by atoms with Gasteiger partial charge in [0.25, 0.3) is 0 Å². The van der Waals surface area contributed by atoms with Crippen molar-refractivity contribution in [3.63, 3.8) is 0 Å². The van der Waals surface area contributed by atoms with Crippen LogP contribution in [-0.2, 0) is 11.3 Å². The zero-order chi connectivity index (χ0) is 17.9. The van der Waals surface area contributed by atoms with Gasteiger partial charge in [-0.3, -0.25) is 9.69 Å². The lowest BCUT2D eigenvalue weighted by atomic mass is 10.0. The fourth-order valence-electron chi connectivity index (χ4n) is 3.93. The molecule has 2 aromatic rings. The third-order valence-corrected chi connectivity index (χ3v) is 5.23. The maximum atomic E-state index is 13.2. The molecule has 0 bridgehead atoms. The maximum Gasteiger partial charge on any atom is 0.236 e. The molecule has 2 aliphatic heterocycles. The lowest BCUT2D eigenvalue weighted by Crippen LogP contribution is -2.56. The number of halogens is 2. The Hall–Kier alpha value is -1.96. The van der Waals surface area contributed by atoms with Crippen LogP contribution in [0.3, 0.4) is 0 Å². The number of benzene rings is 1. The van der Waals surface area contributed by atoms with E-state index in [-0.39, 0.29) is 24.1 Å². The summed E-state index contributed by atoms with van der Waals surface area (Å²) >= 11 is 0. The molecular weight excluding hydrogens is 369 g/mol. The molecule has 1 aromatic heterocycles. The molecule has 8 heteroatoms. The smallest absolute Gasteiger partial charge is 0.236 e. The molecule has 6 nitrogen and oxygen atoms in total. The Labute approximate surface area is 164 Å². The first-order valence-corrected chi connectivity index (χ1v) is 9.22. The first-order chi connectivity index (χ1) is 12.7. The monoisotopic (exact) mass is 393 g/mol. The van der Waals surface area contributed by atoms with Gasteiger partial charge in [-0.25, -0.2) is 9.07 Å². The van der Waals surface area contributed by atoms with E-state index in [0.717, 1.165) is 56.9 Å². The largest absolute Gasteiger partial charge is 0.336 e. The van der Waals surface area contributed by atoms with Gasteiger partial charge in [-0.05, 0) is 49.7 Å². The van der Waals surface area contributed by atoms with Crippen LogP contribution in [-0.4, -0.2) is 64.3 Å². The number of piperazine rings is 1. The number of hydrogen-bond acceptors (Lipinski definition) is 4. The maximum absolute atomic E-state index is 13.2. The number of likely N-dealkylation sites (tertiary alicyclic amines) is 1. The van der Waals surface area contributed by atoms with E-state index in [0.29, 0.717) is 12.6 Å². The van der Waals surface area contributed by atoms with Crippen LogP contribution in [0.25, 0.3) is 5.69 Å². The molecule has 1 amide bonds. The summed E-state index contributed by atoms with van der Waals surface area (Å²) in [6.45, 7) is 4.80. The van der Waals surface area contributed by atoms with Crippen LogP contribution in [0.1, 0.15) is 18.5 Å². The summed E-state index contributed by atoms with van der Waals surface area (Å²) in [5, 5.41) is 7.53. The second kappa shape index (κ2) is 8.82. The minimum atomic E-state index is -0.248. The molecule has 2 aliphatic rings. The molecule has 2 saturated heterocycles. The standard InChI is InChI=1S/C19H24FN5O.ClH/c20-15-3-5-16(6-4-15)25-18(7-8-22-25)14-23-10-1-2-17(13-23)24-11-9-21-12-19(24)26;/h3-8,17,21H,1-2,9-14H2;1H. The van der Waals surface area contributed by atoms with Crippen LogP contribution in [0.2, 0.25) is 0 Å². The van der Waals surface area contributed by atoms with Crippen LogP contribution in [0.5, 0.6) is 0 Å². The molecule has 3 heterocycles. The highest BCUT2D eigenvalue weighted by Crippen LogP contribution is 2.20. The molecule has 0 aliphatic carbocycles. The lowest BCUT2D eigenvalue weighted by Gasteiger charge is -2.41. The number of amides is 1. The first-order valence-electron chi connectivity index (χ1n) is 9.22. The molecule has 4 rings (SSSR count). The highest BCUT2D eigenvalue weighted by Gasteiger charge is 2.30. The van der Waals surface area contributed by atoms with E-state index in [2.05, 4.69) is 15.3 Å². The van der Waals surface area contributed by atoms with Gasteiger partial charge in [0.2, 0.25) is 5.91 Å². The van der Waals surface area contributed by atoms with Crippen LogP contribution in [0.15, 0.2) is 36.5 Å². The third-order valence-electron chi connectivity index (χ3n) is 5.23. The molecule has 1 aromatic carbocycles. The topological polar surface area (TPSA) is 53.4 Å². The Morgan fingerprint density at radius 1 is 1.19 bits per heavy atom. The summed E-state index contributed by atoms with van der Waals surface area (Å²) in [5.74, 6) is -0.0403. The number of nitrogens with zero attached hydrogens (tertiary/aromatic N) is 4. The van der Waals surface area contributed by atoms with Gasteiger partial charge < -0.3 is 10.2 Å². The van der Waals surface area contributed by atoms with Crippen molar-refractivity contribution in [1.29, 1.82) is 0 Å². The Balaban J connectivity index is 0.00000210. The number of piperidine rings is 1. The SMILES string of the molecule is Cl.O=C1CNCCN1C1CCCN(Cc2ccnn2-c2ccc(F)cc2)C1. The summed E-state index contributed by atoms with van der Waals surface area (Å²) in [7, 11) is 0. The first kappa shape index (κ1) is 19.8. The van der Waals surface area contributed by atoms with E-state index in [1.807, 2.05) is 15.6 Å². The summed E-state index contributed by atoms with van der Waals surface area (Å²) in [6, 6.07) is 8.68. The van der Waals surface area contributed by atoms with E-state index in [1.54, 1.807) is 18.3 Å². The van der Waals surface area contributed by atoms with Gasteiger partial charge in [0, 0.05) is 38.4 Å². The Morgan fingerprint density at radius 3 is 2.78 bits per heavy atom. The van der Waals surface area contributed by atoms with Crippen molar-refractivity contribution in [2.75, 3.05) is 32.7 Å². The van der Waals surface area contributed by atoms with E-state index < -0.39 is 0 Å². The summed E-state index contributed by atoms with van der Waals surface area (Å²) in [6.07, 6.45) is 3.94. The highest BCUT2D eigenvalue weighted by atomic mass is 35.5. The van der Waals surface area contributed by atoms with E-state index in [1.165, 1.54) is 12.1 Å². The molecule has 0 spiro atoms. The number of rotatable bonds is 4. The average molecular weight is 394 g/mol. The van der Waals surface area contributed by atoms with Crippen LogP contribution >= 0.6 is 12.4 Å². The molecular formula is C19H25ClFN5O. The van der Waals surface area contributed by atoms with Crippen molar-refractivity contribution in [2.45, 2.75) is 25.4 Å². The number of aromatic nitrogens is 2. The Bertz CT molecular complexity index is 766. The van der Waals surface area contributed by atoms with Gasteiger partial charge in [0.15, 0.2) is 0 Å². The van der Waals surface area contributed by atoms with Crippen molar-refractivity contribution in [3.05, 3.63) is 48.0 Å². The fourth-order valence-corrected chi connectivity index (χ4v) is 3.93.